The van der Waals surface area contributed by atoms with Crippen LogP contribution in [0.5, 0.6) is 0 Å². The Labute approximate surface area is 76.3 Å². The summed E-state index contributed by atoms with van der Waals surface area (Å²) in [5, 5.41) is 8.68. The highest BCUT2D eigenvalue weighted by Crippen LogP contribution is 2.19. The van der Waals surface area contributed by atoms with Gasteiger partial charge in [0.05, 0.1) is 5.57 Å². The van der Waals surface area contributed by atoms with Gasteiger partial charge < -0.3 is 9.84 Å². The van der Waals surface area contributed by atoms with Crippen LogP contribution in [0.25, 0.3) is 0 Å². The molecule has 1 aliphatic rings. The molecule has 0 saturated heterocycles. The van der Waals surface area contributed by atoms with Crippen molar-refractivity contribution in [3.8, 4) is 0 Å². The lowest BCUT2D eigenvalue weighted by Gasteiger charge is -2.15. The van der Waals surface area contributed by atoms with Gasteiger partial charge in [0.2, 0.25) is 0 Å². The Morgan fingerprint density at radius 2 is 2.23 bits per heavy atom. The van der Waals surface area contributed by atoms with Crippen molar-refractivity contribution in [2.75, 3.05) is 6.61 Å². The molecule has 1 rings (SSSR count). The maximum atomic E-state index is 10.6. The van der Waals surface area contributed by atoms with E-state index in [1.165, 1.54) is 12.2 Å². The maximum absolute atomic E-state index is 10.6. The molecule has 1 aliphatic heterocycles. The Morgan fingerprint density at radius 3 is 2.69 bits per heavy atom. The molecule has 1 heterocycles. The molecule has 0 spiro atoms. The summed E-state index contributed by atoms with van der Waals surface area (Å²) in [5.74, 6) is -0.400. The third-order valence-corrected chi connectivity index (χ3v) is 1.68. The number of hydrogen-bond acceptors (Lipinski definition) is 2. The predicted molar refractivity (Wildman–Crippen MR) is 49.1 cm³/mol. The van der Waals surface area contributed by atoms with Crippen LogP contribution >= 0.6 is 0 Å². The van der Waals surface area contributed by atoms with Crippen molar-refractivity contribution in [1.82, 2.24) is 0 Å². The van der Waals surface area contributed by atoms with E-state index < -0.39 is 5.97 Å². The fourth-order valence-corrected chi connectivity index (χ4v) is 0.999. The summed E-state index contributed by atoms with van der Waals surface area (Å²) >= 11 is 0. The van der Waals surface area contributed by atoms with Crippen LogP contribution in [0.4, 0.5) is 0 Å². The SMILES string of the molecule is C=CC1=C(C=C)OCC(C(=O)O)=C1. The molecule has 0 aromatic heterocycles. The van der Waals surface area contributed by atoms with E-state index in [0.29, 0.717) is 11.3 Å². The van der Waals surface area contributed by atoms with E-state index in [0.717, 1.165) is 0 Å². The predicted octanol–water partition coefficient (Wildman–Crippen LogP) is 1.65. The van der Waals surface area contributed by atoms with Crippen LogP contribution in [0.3, 0.4) is 0 Å². The van der Waals surface area contributed by atoms with E-state index in [1.807, 2.05) is 0 Å². The zero-order valence-electron chi connectivity index (χ0n) is 7.12. The Morgan fingerprint density at radius 1 is 1.54 bits per heavy atom. The Kier molecular flexibility index (Phi) is 2.69. The molecular weight excluding hydrogens is 168 g/mol. The first-order chi connectivity index (χ1) is 6.19. The highest BCUT2D eigenvalue weighted by atomic mass is 16.5. The van der Waals surface area contributed by atoms with E-state index >= 15 is 0 Å². The van der Waals surface area contributed by atoms with Crippen LogP contribution in [0.15, 0.2) is 48.3 Å². The minimum absolute atomic E-state index is 0.0774. The van der Waals surface area contributed by atoms with Crippen molar-refractivity contribution in [2.45, 2.75) is 0 Å². The van der Waals surface area contributed by atoms with Crippen molar-refractivity contribution in [2.24, 2.45) is 0 Å². The highest BCUT2D eigenvalue weighted by molar-refractivity contribution is 5.88. The number of carboxylic acids is 1. The lowest BCUT2D eigenvalue weighted by Crippen LogP contribution is -2.12. The van der Waals surface area contributed by atoms with Gasteiger partial charge in [-0.05, 0) is 12.2 Å². The molecule has 0 unspecified atom stereocenters. The molecule has 3 nitrogen and oxygen atoms in total. The highest BCUT2D eigenvalue weighted by Gasteiger charge is 2.15. The van der Waals surface area contributed by atoms with Crippen molar-refractivity contribution in [3.05, 3.63) is 48.3 Å². The summed E-state index contributed by atoms with van der Waals surface area (Å²) in [7, 11) is 0. The van der Waals surface area contributed by atoms with Crippen LogP contribution in [0, 0.1) is 0 Å². The summed E-state index contributed by atoms with van der Waals surface area (Å²) in [6.45, 7) is 7.18. The molecular formula is C10H10O3. The van der Waals surface area contributed by atoms with Gasteiger partial charge in [0.15, 0.2) is 0 Å². The third-order valence-electron chi connectivity index (χ3n) is 1.68. The van der Waals surface area contributed by atoms with Gasteiger partial charge in [0.25, 0.3) is 0 Å². The van der Waals surface area contributed by atoms with Gasteiger partial charge in [-0.3, -0.25) is 0 Å². The van der Waals surface area contributed by atoms with Gasteiger partial charge in [-0.2, -0.15) is 0 Å². The lowest BCUT2D eigenvalue weighted by molar-refractivity contribution is -0.133. The third kappa shape index (κ3) is 1.87. The first-order valence-electron chi connectivity index (χ1n) is 3.75. The number of hydrogen-bond donors (Lipinski definition) is 1. The number of ether oxygens (including phenoxy) is 1. The van der Waals surface area contributed by atoms with Crippen LogP contribution in [-0.2, 0) is 9.53 Å². The monoisotopic (exact) mass is 178 g/mol. The van der Waals surface area contributed by atoms with E-state index in [-0.39, 0.29) is 12.2 Å². The van der Waals surface area contributed by atoms with Gasteiger partial charge in [0, 0.05) is 5.57 Å². The second-order valence-electron chi connectivity index (χ2n) is 2.49. The molecule has 1 N–H and O–H groups in total. The van der Waals surface area contributed by atoms with Crippen molar-refractivity contribution in [1.29, 1.82) is 0 Å². The molecule has 0 aromatic carbocycles. The molecule has 0 saturated carbocycles. The fraction of sp³-hybridized carbons (Fsp3) is 0.100. The zero-order valence-corrected chi connectivity index (χ0v) is 7.12. The first-order valence-corrected chi connectivity index (χ1v) is 3.75. The maximum Gasteiger partial charge on any atom is 0.335 e. The molecule has 0 radical (unpaired) electrons. The number of carboxylic acid groups (broad SMARTS) is 1. The fourth-order valence-electron chi connectivity index (χ4n) is 0.999. The van der Waals surface area contributed by atoms with Gasteiger partial charge in [-0.15, -0.1) is 0 Å². The van der Waals surface area contributed by atoms with E-state index in [1.54, 1.807) is 6.08 Å². The van der Waals surface area contributed by atoms with Crippen molar-refractivity contribution < 1.29 is 14.6 Å². The molecule has 3 heteroatoms. The van der Waals surface area contributed by atoms with Crippen LogP contribution in [0.1, 0.15) is 0 Å². The van der Waals surface area contributed by atoms with E-state index in [4.69, 9.17) is 9.84 Å². The first kappa shape index (κ1) is 9.32. The van der Waals surface area contributed by atoms with Gasteiger partial charge in [-0.25, -0.2) is 4.79 Å². The summed E-state index contributed by atoms with van der Waals surface area (Å²) in [4.78, 5) is 10.6. The van der Waals surface area contributed by atoms with Crippen LogP contribution in [-0.4, -0.2) is 17.7 Å². The number of allylic oxidation sites excluding steroid dienone is 4. The van der Waals surface area contributed by atoms with E-state index in [2.05, 4.69) is 13.2 Å². The second-order valence-corrected chi connectivity index (χ2v) is 2.49. The normalized spacial score (nSPS) is 15.8. The molecule has 0 amide bonds. The van der Waals surface area contributed by atoms with Crippen molar-refractivity contribution in [3.63, 3.8) is 0 Å². The molecule has 0 aromatic rings. The van der Waals surface area contributed by atoms with Gasteiger partial charge >= 0.3 is 5.97 Å². The molecule has 68 valence electrons. The summed E-state index contributed by atoms with van der Waals surface area (Å²) in [6, 6.07) is 0. The average Bonchev–Trinajstić information content (AvgIpc) is 2.16. The molecule has 0 aliphatic carbocycles. The lowest BCUT2D eigenvalue weighted by atomic mass is 10.1. The Balaban J connectivity index is 3.06. The summed E-state index contributed by atoms with van der Waals surface area (Å²) < 4.78 is 5.15. The smallest absolute Gasteiger partial charge is 0.335 e. The summed E-state index contributed by atoms with van der Waals surface area (Å²) in [6.07, 6.45) is 4.61. The minimum atomic E-state index is -0.970. The quantitative estimate of drug-likeness (QED) is 0.714. The van der Waals surface area contributed by atoms with Gasteiger partial charge in [0.1, 0.15) is 12.4 Å². The minimum Gasteiger partial charge on any atom is -0.488 e. The average molecular weight is 178 g/mol. The van der Waals surface area contributed by atoms with Gasteiger partial charge in [-0.1, -0.05) is 19.2 Å². The summed E-state index contributed by atoms with van der Waals surface area (Å²) in [5.41, 5.74) is 0.874. The number of aliphatic carboxylic acids is 1. The molecule has 0 atom stereocenters. The molecule has 0 bridgehead atoms. The second kappa shape index (κ2) is 3.76. The zero-order chi connectivity index (χ0) is 9.84. The Bertz CT molecular complexity index is 321. The Hall–Kier alpha value is -1.77. The van der Waals surface area contributed by atoms with Crippen LogP contribution in [0.2, 0.25) is 0 Å². The number of rotatable bonds is 3. The number of carbonyl (C=O) groups is 1. The molecule has 0 fully saturated rings. The van der Waals surface area contributed by atoms with E-state index in [9.17, 15) is 4.79 Å². The largest absolute Gasteiger partial charge is 0.488 e. The van der Waals surface area contributed by atoms with Crippen molar-refractivity contribution >= 4 is 5.97 Å². The standard InChI is InChI=1S/C10H10O3/c1-3-7-5-8(10(11)12)6-13-9(7)4-2/h3-5H,1-2,6H2,(H,11,12). The topological polar surface area (TPSA) is 46.5 Å². The molecule has 13 heavy (non-hydrogen) atoms. The van der Waals surface area contributed by atoms with Crippen LogP contribution < -0.4 is 0 Å².